The predicted molar refractivity (Wildman–Crippen MR) is 106 cm³/mol. The SMILES string of the molecule is Cn1cc(CC(=O)N2CCC(Cc3cccc(F)c3)CC2)c2ccccc21. The van der Waals surface area contributed by atoms with Crippen molar-refractivity contribution in [3.8, 4) is 0 Å². The van der Waals surface area contributed by atoms with Gasteiger partial charge in [-0.25, -0.2) is 4.39 Å². The highest BCUT2D eigenvalue weighted by Gasteiger charge is 2.23. The number of benzene rings is 2. The minimum absolute atomic E-state index is 0.171. The van der Waals surface area contributed by atoms with E-state index in [2.05, 4.69) is 22.9 Å². The molecule has 0 radical (unpaired) electrons. The number of aromatic nitrogens is 1. The lowest BCUT2D eigenvalue weighted by Gasteiger charge is -2.32. The van der Waals surface area contributed by atoms with Gasteiger partial charge in [-0.1, -0.05) is 30.3 Å². The van der Waals surface area contributed by atoms with Crippen molar-refractivity contribution < 1.29 is 9.18 Å². The van der Waals surface area contributed by atoms with Gasteiger partial charge in [-0.15, -0.1) is 0 Å². The summed E-state index contributed by atoms with van der Waals surface area (Å²) < 4.78 is 15.4. The molecule has 1 amide bonds. The summed E-state index contributed by atoms with van der Waals surface area (Å²) in [6.07, 6.45) is 5.38. The highest BCUT2D eigenvalue weighted by Crippen LogP contribution is 2.24. The first-order chi connectivity index (χ1) is 13.1. The third kappa shape index (κ3) is 3.90. The zero-order chi connectivity index (χ0) is 18.8. The van der Waals surface area contributed by atoms with Crippen LogP contribution in [0.3, 0.4) is 0 Å². The molecule has 3 nitrogen and oxygen atoms in total. The van der Waals surface area contributed by atoms with E-state index in [1.165, 1.54) is 6.07 Å². The summed E-state index contributed by atoms with van der Waals surface area (Å²) in [5.41, 5.74) is 3.31. The lowest BCUT2D eigenvalue weighted by molar-refractivity contribution is -0.131. The zero-order valence-corrected chi connectivity index (χ0v) is 15.7. The summed E-state index contributed by atoms with van der Waals surface area (Å²) in [6, 6.07) is 15.1. The van der Waals surface area contributed by atoms with Gasteiger partial charge in [-0.05, 0) is 54.5 Å². The summed E-state index contributed by atoms with van der Waals surface area (Å²) >= 11 is 0. The van der Waals surface area contributed by atoms with Crippen molar-refractivity contribution >= 4 is 16.8 Å². The monoisotopic (exact) mass is 364 g/mol. The molecular weight excluding hydrogens is 339 g/mol. The van der Waals surface area contributed by atoms with Crippen molar-refractivity contribution in [1.82, 2.24) is 9.47 Å². The molecule has 0 unspecified atom stereocenters. The molecule has 1 aliphatic heterocycles. The molecule has 2 heterocycles. The topological polar surface area (TPSA) is 25.2 Å². The maximum Gasteiger partial charge on any atom is 0.227 e. The van der Waals surface area contributed by atoms with Crippen molar-refractivity contribution in [2.75, 3.05) is 13.1 Å². The highest BCUT2D eigenvalue weighted by molar-refractivity contribution is 5.89. The number of aryl methyl sites for hydroxylation is 1. The van der Waals surface area contributed by atoms with Gasteiger partial charge in [-0.2, -0.15) is 0 Å². The van der Waals surface area contributed by atoms with Crippen LogP contribution in [0.2, 0.25) is 0 Å². The molecule has 27 heavy (non-hydrogen) atoms. The normalized spacial score (nSPS) is 15.4. The van der Waals surface area contributed by atoms with Crippen LogP contribution in [-0.4, -0.2) is 28.5 Å². The van der Waals surface area contributed by atoms with E-state index in [1.807, 2.05) is 30.1 Å². The quantitative estimate of drug-likeness (QED) is 0.676. The summed E-state index contributed by atoms with van der Waals surface area (Å²) in [6.45, 7) is 1.59. The van der Waals surface area contributed by atoms with Crippen LogP contribution < -0.4 is 0 Å². The minimum atomic E-state index is -0.171. The Hall–Kier alpha value is -2.62. The number of carbonyl (C=O) groups is 1. The molecule has 1 aromatic heterocycles. The number of piperidine rings is 1. The molecule has 0 bridgehead atoms. The van der Waals surface area contributed by atoms with Gasteiger partial charge in [0.15, 0.2) is 0 Å². The highest BCUT2D eigenvalue weighted by atomic mass is 19.1. The predicted octanol–water partition coefficient (Wildman–Crippen LogP) is 4.34. The standard InChI is InChI=1S/C23H25FN2O/c1-25-16-19(21-7-2-3-8-22(21)25)15-23(27)26-11-9-17(10-12-26)13-18-5-4-6-20(24)14-18/h2-8,14,16-17H,9-13,15H2,1H3. The second-order valence-electron chi connectivity index (χ2n) is 7.62. The Morgan fingerprint density at radius 2 is 1.89 bits per heavy atom. The molecule has 3 aromatic rings. The van der Waals surface area contributed by atoms with E-state index in [9.17, 15) is 9.18 Å². The Bertz CT molecular complexity index is 954. The Labute approximate surface area is 159 Å². The fraction of sp³-hybridized carbons (Fsp3) is 0.348. The van der Waals surface area contributed by atoms with Gasteiger partial charge in [0.25, 0.3) is 0 Å². The molecule has 4 rings (SSSR count). The number of likely N-dealkylation sites (tertiary alicyclic amines) is 1. The van der Waals surface area contributed by atoms with Crippen molar-refractivity contribution in [1.29, 1.82) is 0 Å². The Balaban J connectivity index is 1.36. The maximum absolute atomic E-state index is 13.4. The smallest absolute Gasteiger partial charge is 0.227 e. The molecule has 0 atom stereocenters. The van der Waals surface area contributed by atoms with E-state index < -0.39 is 0 Å². The number of nitrogens with zero attached hydrogens (tertiary/aromatic N) is 2. The molecule has 0 aliphatic carbocycles. The summed E-state index contributed by atoms with van der Waals surface area (Å²) in [4.78, 5) is 14.8. The lowest BCUT2D eigenvalue weighted by atomic mass is 9.90. The van der Waals surface area contributed by atoms with Gasteiger partial charge in [0.1, 0.15) is 5.82 Å². The van der Waals surface area contributed by atoms with Crippen LogP contribution in [0.15, 0.2) is 54.7 Å². The van der Waals surface area contributed by atoms with Crippen LogP contribution in [-0.2, 0) is 24.7 Å². The Kier molecular flexibility index (Phi) is 4.97. The Morgan fingerprint density at radius 1 is 1.11 bits per heavy atom. The summed E-state index contributed by atoms with van der Waals surface area (Å²) in [5.74, 6) is 0.555. The largest absolute Gasteiger partial charge is 0.350 e. The number of amides is 1. The molecule has 1 aliphatic rings. The first kappa shape index (κ1) is 17.8. The second-order valence-corrected chi connectivity index (χ2v) is 7.62. The molecular formula is C23H25FN2O. The first-order valence-electron chi connectivity index (χ1n) is 9.65. The van der Waals surface area contributed by atoms with Gasteiger partial charge in [0.05, 0.1) is 6.42 Å². The fourth-order valence-corrected chi connectivity index (χ4v) is 4.22. The van der Waals surface area contributed by atoms with Gasteiger partial charge < -0.3 is 9.47 Å². The van der Waals surface area contributed by atoms with E-state index in [-0.39, 0.29) is 11.7 Å². The summed E-state index contributed by atoms with van der Waals surface area (Å²) in [5, 5.41) is 1.16. The van der Waals surface area contributed by atoms with E-state index >= 15 is 0 Å². The molecule has 0 spiro atoms. The van der Waals surface area contributed by atoms with Crippen molar-refractivity contribution in [2.45, 2.75) is 25.7 Å². The number of halogens is 1. The van der Waals surface area contributed by atoms with Crippen LogP contribution in [0.25, 0.3) is 10.9 Å². The van der Waals surface area contributed by atoms with Crippen LogP contribution in [0.1, 0.15) is 24.0 Å². The number of hydrogen-bond donors (Lipinski definition) is 0. The first-order valence-corrected chi connectivity index (χ1v) is 9.65. The molecule has 2 aromatic carbocycles. The van der Waals surface area contributed by atoms with E-state index in [4.69, 9.17) is 0 Å². The number of rotatable bonds is 4. The number of carbonyl (C=O) groups excluding carboxylic acids is 1. The van der Waals surface area contributed by atoms with Crippen molar-refractivity contribution in [3.05, 3.63) is 71.7 Å². The summed E-state index contributed by atoms with van der Waals surface area (Å²) in [7, 11) is 2.02. The molecule has 4 heteroatoms. The third-order valence-corrected chi connectivity index (χ3v) is 5.70. The van der Waals surface area contributed by atoms with Crippen LogP contribution in [0.4, 0.5) is 4.39 Å². The molecule has 0 N–H and O–H groups in total. The van der Waals surface area contributed by atoms with Crippen molar-refractivity contribution in [3.63, 3.8) is 0 Å². The average Bonchev–Trinajstić information content (AvgIpc) is 2.98. The van der Waals surface area contributed by atoms with E-state index in [0.29, 0.717) is 12.3 Å². The van der Waals surface area contributed by atoms with Gasteiger partial charge in [0, 0.05) is 37.2 Å². The van der Waals surface area contributed by atoms with E-state index in [1.54, 1.807) is 12.1 Å². The van der Waals surface area contributed by atoms with E-state index in [0.717, 1.165) is 54.4 Å². The van der Waals surface area contributed by atoms with Gasteiger partial charge >= 0.3 is 0 Å². The molecule has 140 valence electrons. The Morgan fingerprint density at radius 3 is 2.67 bits per heavy atom. The van der Waals surface area contributed by atoms with Gasteiger partial charge in [0.2, 0.25) is 5.91 Å². The maximum atomic E-state index is 13.4. The lowest BCUT2D eigenvalue weighted by Crippen LogP contribution is -2.39. The number of fused-ring (bicyclic) bond motifs is 1. The van der Waals surface area contributed by atoms with Crippen molar-refractivity contribution in [2.24, 2.45) is 13.0 Å². The minimum Gasteiger partial charge on any atom is -0.350 e. The third-order valence-electron chi connectivity index (χ3n) is 5.70. The fourth-order valence-electron chi connectivity index (χ4n) is 4.22. The molecule has 0 saturated carbocycles. The van der Waals surface area contributed by atoms with Crippen LogP contribution in [0, 0.1) is 11.7 Å². The number of para-hydroxylation sites is 1. The average molecular weight is 364 g/mol. The zero-order valence-electron chi connectivity index (χ0n) is 15.7. The number of hydrogen-bond acceptors (Lipinski definition) is 1. The van der Waals surface area contributed by atoms with Crippen LogP contribution >= 0.6 is 0 Å². The second kappa shape index (κ2) is 7.55. The van der Waals surface area contributed by atoms with Crippen LogP contribution in [0.5, 0.6) is 0 Å². The molecule has 1 fully saturated rings. The molecule has 1 saturated heterocycles. The van der Waals surface area contributed by atoms with Gasteiger partial charge in [-0.3, -0.25) is 4.79 Å².